The zero-order valence-electron chi connectivity index (χ0n) is 13.4. The van der Waals surface area contributed by atoms with Gasteiger partial charge in [-0.15, -0.1) is 11.3 Å². The molecule has 25 heavy (non-hydrogen) atoms. The van der Waals surface area contributed by atoms with Crippen LogP contribution in [0.5, 0.6) is 5.75 Å². The summed E-state index contributed by atoms with van der Waals surface area (Å²) in [6, 6.07) is 19.7. The molecule has 1 aromatic heterocycles. The molecule has 0 aliphatic heterocycles. The largest absolute Gasteiger partial charge is 0.422 e. The molecule has 0 atom stereocenters. The van der Waals surface area contributed by atoms with Gasteiger partial charge in [-0.2, -0.15) is 5.26 Å². The Morgan fingerprint density at radius 1 is 0.880 bits per heavy atom. The fourth-order valence-corrected chi connectivity index (χ4v) is 3.02. The van der Waals surface area contributed by atoms with Crippen LogP contribution in [0.15, 0.2) is 60.7 Å². The number of thiophene rings is 1. The van der Waals surface area contributed by atoms with Crippen LogP contribution in [0.2, 0.25) is 0 Å². The first kappa shape index (κ1) is 16.6. The highest BCUT2D eigenvalue weighted by Gasteiger charge is 2.13. The maximum Gasteiger partial charge on any atom is 0.353 e. The molecule has 0 spiro atoms. The molecule has 0 fully saturated rings. The maximum absolute atomic E-state index is 12.1. The van der Waals surface area contributed by atoms with Crippen molar-refractivity contribution >= 4 is 23.1 Å². The average molecular weight is 347 g/mol. The Labute approximate surface area is 148 Å². The maximum atomic E-state index is 12.1. The summed E-state index contributed by atoms with van der Waals surface area (Å²) in [4.78, 5) is 24.3. The summed E-state index contributed by atoms with van der Waals surface area (Å²) in [7, 11) is 0. The van der Waals surface area contributed by atoms with E-state index in [1.165, 1.54) is 6.92 Å². The molecule has 4 nitrogen and oxygen atoms in total. The Kier molecular flexibility index (Phi) is 4.73. The number of ketones is 1. The predicted octanol–water partition coefficient (Wildman–Crippen LogP) is 4.71. The van der Waals surface area contributed by atoms with Gasteiger partial charge in [-0.05, 0) is 54.4 Å². The fourth-order valence-electron chi connectivity index (χ4n) is 2.25. The number of nitrogens with zero attached hydrogens (tertiary/aromatic N) is 1. The molecular weight excluding hydrogens is 334 g/mol. The molecule has 1 heterocycles. The van der Waals surface area contributed by atoms with Crippen LogP contribution in [-0.2, 0) is 0 Å². The Morgan fingerprint density at radius 2 is 1.44 bits per heavy atom. The Morgan fingerprint density at radius 3 is 1.96 bits per heavy atom. The third-order valence-corrected chi connectivity index (χ3v) is 4.73. The number of hydrogen-bond acceptors (Lipinski definition) is 5. The van der Waals surface area contributed by atoms with Crippen LogP contribution in [0.25, 0.3) is 11.1 Å². The van der Waals surface area contributed by atoms with E-state index in [0.717, 1.165) is 22.5 Å². The number of carbonyl (C=O) groups is 2. The van der Waals surface area contributed by atoms with E-state index in [2.05, 4.69) is 6.07 Å². The predicted molar refractivity (Wildman–Crippen MR) is 95.9 cm³/mol. The summed E-state index contributed by atoms with van der Waals surface area (Å²) >= 11 is 1.12. The number of nitriles is 1. The first-order valence-corrected chi connectivity index (χ1v) is 8.32. The molecular formula is C20H13NO3S. The molecule has 3 rings (SSSR count). The summed E-state index contributed by atoms with van der Waals surface area (Å²) in [6.07, 6.45) is 0. The minimum Gasteiger partial charge on any atom is -0.422 e. The van der Waals surface area contributed by atoms with E-state index in [0.29, 0.717) is 21.1 Å². The van der Waals surface area contributed by atoms with Crippen LogP contribution in [0.3, 0.4) is 0 Å². The minimum absolute atomic E-state index is 0.0733. The lowest BCUT2D eigenvalue weighted by molar-refractivity contribution is 0.0739. The van der Waals surface area contributed by atoms with E-state index < -0.39 is 5.97 Å². The lowest BCUT2D eigenvalue weighted by Crippen LogP contribution is -2.06. The molecule has 0 N–H and O–H groups in total. The second kappa shape index (κ2) is 7.12. The normalized spacial score (nSPS) is 10.1. The third kappa shape index (κ3) is 3.82. The number of benzene rings is 2. The van der Waals surface area contributed by atoms with E-state index in [1.54, 1.807) is 36.4 Å². The minimum atomic E-state index is -0.483. The van der Waals surface area contributed by atoms with Gasteiger partial charge in [0.2, 0.25) is 0 Å². The number of esters is 1. The van der Waals surface area contributed by atoms with Crippen molar-refractivity contribution in [3.05, 3.63) is 76.0 Å². The van der Waals surface area contributed by atoms with Crippen molar-refractivity contribution in [1.82, 2.24) is 0 Å². The fraction of sp³-hybridized carbons (Fsp3) is 0.0500. The van der Waals surface area contributed by atoms with Crippen molar-refractivity contribution < 1.29 is 14.3 Å². The lowest BCUT2D eigenvalue weighted by atomic mass is 10.0. The number of hydrogen-bond donors (Lipinski definition) is 0. The van der Waals surface area contributed by atoms with Crippen molar-refractivity contribution in [2.75, 3.05) is 0 Å². The van der Waals surface area contributed by atoms with Crippen molar-refractivity contribution in [3.63, 3.8) is 0 Å². The smallest absolute Gasteiger partial charge is 0.353 e. The van der Waals surface area contributed by atoms with Gasteiger partial charge in [0.15, 0.2) is 5.78 Å². The van der Waals surface area contributed by atoms with Gasteiger partial charge in [-0.3, -0.25) is 4.79 Å². The van der Waals surface area contributed by atoms with E-state index in [-0.39, 0.29) is 5.78 Å². The van der Waals surface area contributed by atoms with Gasteiger partial charge in [0.25, 0.3) is 0 Å². The molecule has 0 saturated heterocycles. The SMILES string of the molecule is CC(=O)c1ccc(C(=O)Oc2ccc(-c3ccc(C#N)cc3)cc2)s1. The summed E-state index contributed by atoms with van der Waals surface area (Å²) < 4.78 is 5.34. The van der Waals surface area contributed by atoms with E-state index in [4.69, 9.17) is 10.00 Å². The molecule has 122 valence electrons. The topological polar surface area (TPSA) is 67.2 Å². The van der Waals surface area contributed by atoms with Crippen LogP contribution in [-0.4, -0.2) is 11.8 Å². The van der Waals surface area contributed by atoms with Crippen LogP contribution in [0, 0.1) is 11.3 Å². The van der Waals surface area contributed by atoms with E-state index >= 15 is 0 Å². The van der Waals surface area contributed by atoms with Gasteiger partial charge >= 0.3 is 5.97 Å². The number of ether oxygens (including phenoxy) is 1. The monoisotopic (exact) mass is 347 g/mol. The molecule has 0 unspecified atom stereocenters. The van der Waals surface area contributed by atoms with Gasteiger partial charge in [-0.25, -0.2) is 4.79 Å². The molecule has 0 aliphatic rings. The van der Waals surface area contributed by atoms with Crippen molar-refractivity contribution in [1.29, 1.82) is 5.26 Å². The van der Waals surface area contributed by atoms with Crippen LogP contribution >= 0.6 is 11.3 Å². The van der Waals surface area contributed by atoms with Gasteiger partial charge in [0, 0.05) is 0 Å². The first-order chi connectivity index (χ1) is 12.1. The van der Waals surface area contributed by atoms with Crippen molar-refractivity contribution in [2.45, 2.75) is 6.92 Å². The summed E-state index contributed by atoms with van der Waals surface area (Å²) in [5.74, 6) is -0.125. The molecule has 0 bridgehead atoms. The Balaban J connectivity index is 1.72. The van der Waals surface area contributed by atoms with Gasteiger partial charge < -0.3 is 4.74 Å². The molecule has 2 aromatic carbocycles. The highest BCUT2D eigenvalue weighted by Crippen LogP contribution is 2.24. The third-order valence-electron chi connectivity index (χ3n) is 3.57. The van der Waals surface area contributed by atoms with Crippen LogP contribution in [0.1, 0.15) is 31.8 Å². The zero-order valence-corrected chi connectivity index (χ0v) is 14.2. The lowest BCUT2D eigenvalue weighted by Gasteiger charge is -2.05. The second-order valence-corrected chi connectivity index (χ2v) is 6.41. The van der Waals surface area contributed by atoms with Gasteiger partial charge in [0.05, 0.1) is 16.5 Å². The highest BCUT2D eigenvalue weighted by atomic mass is 32.1. The molecule has 0 radical (unpaired) electrons. The Bertz CT molecular complexity index is 963. The second-order valence-electron chi connectivity index (χ2n) is 5.32. The zero-order chi connectivity index (χ0) is 17.8. The molecule has 0 saturated carbocycles. The van der Waals surface area contributed by atoms with Gasteiger partial charge in [-0.1, -0.05) is 24.3 Å². The number of carbonyl (C=O) groups excluding carboxylic acids is 2. The van der Waals surface area contributed by atoms with E-state index in [9.17, 15) is 9.59 Å². The average Bonchev–Trinajstić information content (AvgIpc) is 3.13. The summed E-state index contributed by atoms with van der Waals surface area (Å²) in [5, 5.41) is 8.83. The quantitative estimate of drug-likeness (QED) is 0.389. The van der Waals surface area contributed by atoms with Crippen LogP contribution in [0.4, 0.5) is 0 Å². The van der Waals surface area contributed by atoms with E-state index in [1.807, 2.05) is 24.3 Å². The van der Waals surface area contributed by atoms with Crippen LogP contribution < -0.4 is 4.74 Å². The van der Waals surface area contributed by atoms with Crippen molar-refractivity contribution in [3.8, 4) is 22.9 Å². The van der Waals surface area contributed by atoms with Crippen molar-refractivity contribution in [2.24, 2.45) is 0 Å². The highest BCUT2D eigenvalue weighted by molar-refractivity contribution is 7.15. The number of Topliss-reactive ketones (excluding diaryl/α,β-unsaturated/α-hetero) is 1. The number of rotatable bonds is 4. The first-order valence-electron chi connectivity index (χ1n) is 7.50. The molecule has 5 heteroatoms. The standard InChI is InChI=1S/C20H13NO3S/c1-13(22)18-10-11-19(25-18)20(23)24-17-8-6-16(7-9-17)15-4-2-14(12-21)3-5-15/h2-11H,1H3. The molecule has 3 aromatic rings. The Hall–Kier alpha value is -3.23. The molecule has 0 aliphatic carbocycles. The summed E-state index contributed by atoms with van der Waals surface area (Å²) in [6.45, 7) is 1.46. The van der Waals surface area contributed by atoms with Gasteiger partial charge in [0.1, 0.15) is 10.6 Å². The summed E-state index contributed by atoms with van der Waals surface area (Å²) in [5.41, 5.74) is 2.54. The molecule has 0 amide bonds.